The molecule has 3 atom stereocenters. The van der Waals surface area contributed by atoms with Crippen LogP contribution in [0.15, 0.2) is 30.3 Å². The van der Waals surface area contributed by atoms with E-state index >= 15 is 0 Å². The van der Waals surface area contributed by atoms with Gasteiger partial charge in [0.05, 0.1) is 6.42 Å². The van der Waals surface area contributed by atoms with Gasteiger partial charge in [-0.05, 0) is 37.4 Å². The van der Waals surface area contributed by atoms with Gasteiger partial charge < -0.3 is 15.3 Å². The number of carboxylic acid groups (broad SMARTS) is 1. The monoisotopic (exact) mass is 288 g/mol. The van der Waals surface area contributed by atoms with Crippen molar-refractivity contribution in [2.75, 3.05) is 26.2 Å². The number of rotatable bonds is 7. The molecule has 0 unspecified atom stereocenters. The molecule has 114 valence electrons. The van der Waals surface area contributed by atoms with Crippen LogP contribution in [-0.2, 0) is 4.79 Å². The molecule has 0 radical (unpaired) electrons. The van der Waals surface area contributed by atoms with E-state index in [4.69, 9.17) is 5.11 Å². The number of hydrogen-bond donors (Lipinski definition) is 2. The zero-order valence-corrected chi connectivity index (χ0v) is 12.4. The molecule has 3 rings (SSSR count). The number of hydrogen-bond acceptors (Lipinski definition) is 3. The van der Waals surface area contributed by atoms with Crippen LogP contribution in [0, 0.1) is 5.92 Å². The van der Waals surface area contributed by atoms with Gasteiger partial charge >= 0.3 is 5.97 Å². The summed E-state index contributed by atoms with van der Waals surface area (Å²) in [5, 5.41) is 12.4. The van der Waals surface area contributed by atoms with E-state index in [1.165, 1.54) is 18.4 Å². The summed E-state index contributed by atoms with van der Waals surface area (Å²) in [6.07, 6.45) is 2.70. The van der Waals surface area contributed by atoms with Gasteiger partial charge in [0.25, 0.3) is 0 Å². The molecule has 1 saturated heterocycles. The van der Waals surface area contributed by atoms with Crippen LogP contribution in [0.1, 0.15) is 30.7 Å². The molecule has 0 amide bonds. The van der Waals surface area contributed by atoms with Crippen LogP contribution in [0.25, 0.3) is 0 Å². The smallest absolute Gasteiger partial charge is 0.304 e. The van der Waals surface area contributed by atoms with Crippen LogP contribution in [0.4, 0.5) is 0 Å². The molecule has 1 aromatic rings. The molecule has 2 aliphatic rings. The van der Waals surface area contributed by atoms with E-state index in [-0.39, 0.29) is 6.42 Å². The van der Waals surface area contributed by atoms with Crippen molar-refractivity contribution >= 4 is 5.97 Å². The second kappa shape index (κ2) is 6.58. The van der Waals surface area contributed by atoms with E-state index in [0.29, 0.717) is 24.4 Å². The first-order valence-corrected chi connectivity index (χ1v) is 7.95. The molecule has 0 spiro atoms. The highest BCUT2D eigenvalue weighted by atomic mass is 16.4. The predicted molar refractivity (Wildman–Crippen MR) is 82.4 cm³/mol. The molecule has 1 heterocycles. The van der Waals surface area contributed by atoms with Gasteiger partial charge in [-0.15, -0.1) is 0 Å². The minimum Gasteiger partial charge on any atom is -0.481 e. The van der Waals surface area contributed by atoms with Gasteiger partial charge in [0.15, 0.2) is 0 Å². The minimum absolute atomic E-state index is 0.263. The van der Waals surface area contributed by atoms with Gasteiger partial charge in [0.2, 0.25) is 0 Å². The molecule has 1 aromatic carbocycles. The molecule has 0 aromatic heterocycles. The first kappa shape index (κ1) is 14.5. The van der Waals surface area contributed by atoms with Crippen molar-refractivity contribution in [3.05, 3.63) is 35.9 Å². The van der Waals surface area contributed by atoms with Crippen LogP contribution in [0.5, 0.6) is 0 Å². The fourth-order valence-electron chi connectivity index (χ4n) is 3.34. The molecule has 1 aliphatic heterocycles. The zero-order chi connectivity index (χ0) is 14.7. The normalized spacial score (nSPS) is 28.7. The lowest BCUT2D eigenvalue weighted by atomic mass is 10.1. The third-order valence-corrected chi connectivity index (χ3v) is 4.70. The molecule has 2 N–H and O–H groups in total. The Morgan fingerprint density at radius 1 is 1.33 bits per heavy atom. The second-order valence-corrected chi connectivity index (χ2v) is 6.37. The number of nitrogens with one attached hydrogen (secondary N) is 1. The first-order chi connectivity index (χ1) is 10.2. The Labute approximate surface area is 126 Å². The number of aliphatic carboxylic acids is 1. The van der Waals surface area contributed by atoms with Crippen molar-refractivity contribution in [3.63, 3.8) is 0 Å². The predicted octanol–water partition coefficient (Wildman–Crippen LogP) is 1.93. The average molecular weight is 288 g/mol. The number of likely N-dealkylation sites (tertiary alicyclic amines) is 1. The van der Waals surface area contributed by atoms with Gasteiger partial charge in [-0.25, -0.2) is 0 Å². The van der Waals surface area contributed by atoms with Gasteiger partial charge in [0.1, 0.15) is 0 Å². The Bertz CT molecular complexity index is 477. The van der Waals surface area contributed by atoms with E-state index in [0.717, 1.165) is 19.6 Å². The Kier molecular flexibility index (Phi) is 4.56. The first-order valence-electron chi connectivity index (χ1n) is 7.95. The molecule has 4 heteroatoms. The van der Waals surface area contributed by atoms with Crippen molar-refractivity contribution in [2.45, 2.75) is 31.2 Å². The molecular formula is C17H24N2O2. The summed E-state index contributed by atoms with van der Waals surface area (Å²) in [5.74, 6) is 0.673. The quantitative estimate of drug-likeness (QED) is 0.805. The van der Waals surface area contributed by atoms with Crippen LogP contribution < -0.4 is 5.32 Å². The third-order valence-electron chi connectivity index (χ3n) is 4.70. The molecule has 4 nitrogen and oxygen atoms in total. The Balaban J connectivity index is 1.35. The standard InChI is InChI=1S/C17H24N2O2/c20-17(21)7-9-19-8-6-13(12-19)11-18-16-10-15(16)14-4-2-1-3-5-14/h1-5,13,15-16,18H,6-12H2,(H,20,21)/t13-,15+,16-/m1/s1. The molecule has 1 saturated carbocycles. The van der Waals surface area contributed by atoms with Gasteiger partial charge in [0, 0.05) is 25.0 Å². The Hall–Kier alpha value is -1.39. The summed E-state index contributed by atoms with van der Waals surface area (Å²) in [5.41, 5.74) is 1.45. The highest BCUT2D eigenvalue weighted by molar-refractivity contribution is 5.66. The zero-order valence-electron chi connectivity index (χ0n) is 12.4. The Morgan fingerprint density at radius 3 is 2.90 bits per heavy atom. The number of benzene rings is 1. The third kappa shape index (κ3) is 4.05. The van der Waals surface area contributed by atoms with Gasteiger partial charge in [-0.3, -0.25) is 4.79 Å². The minimum atomic E-state index is -0.694. The van der Waals surface area contributed by atoms with Crippen LogP contribution in [-0.4, -0.2) is 48.2 Å². The lowest BCUT2D eigenvalue weighted by molar-refractivity contribution is -0.137. The average Bonchev–Trinajstić information content (AvgIpc) is 3.13. The van der Waals surface area contributed by atoms with E-state index in [2.05, 4.69) is 40.5 Å². The summed E-state index contributed by atoms with van der Waals surface area (Å²) in [6.45, 7) is 3.86. The van der Waals surface area contributed by atoms with Crippen molar-refractivity contribution in [3.8, 4) is 0 Å². The van der Waals surface area contributed by atoms with Crippen molar-refractivity contribution < 1.29 is 9.90 Å². The van der Waals surface area contributed by atoms with Gasteiger partial charge in [-0.1, -0.05) is 30.3 Å². The molecular weight excluding hydrogens is 264 g/mol. The number of carboxylic acids is 1. The van der Waals surface area contributed by atoms with Crippen molar-refractivity contribution in [1.29, 1.82) is 0 Å². The molecule has 1 aliphatic carbocycles. The number of carbonyl (C=O) groups is 1. The molecule has 0 bridgehead atoms. The Morgan fingerprint density at radius 2 is 2.14 bits per heavy atom. The summed E-state index contributed by atoms with van der Waals surface area (Å²) in [4.78, 5) is 12.9. The second-order valence-electron chi connectivity index (χ2n) is 6.37. The van der Waals surface area contributed by atoms with E-state index in [1.54, 1.807) is 0 Å². The van der Waals surface area contributed by atoms with Crippen LogP contribution in [0.3, 0.4) is 0 Å². The van der Waals surface area contributed by atoms with Crippen molar-refractivity contribution in [2.24, 2.45) is 5.92 Å². The van der Waals surface area contributed by atoms with E-state index in [1.807, 2.05) is 0 Å². The fraction of sp³-hybridized carbons (Fsp3) is 0.588. The molecule has 21 heavy (non-hydrogen) atoms. The molecule has 2 fully saturated rings. The van der Waals surface area contributed by atoms with Gasteiger partial charge in [-0.2, -0.15) is 0 Å². The van der Waals surface area contributed by atoms with Crippen LogP contribution >= 0.6 is 0 Å². The maximum atomic E-state index is 10.6. The summed E-state index contributed by atoms with van der Waals surface area (Å²) < 4.78 is 0. The lowest BCUT2D eigenvalue weighted by Crippen LogP contribution is -2.29. The summed E-state index contributed by atoms with van der Waals surface area (Å²) in [7, 11) is 0. The van der Waals surface area contributed by atoms with E-state index < -0.39 is 5.97 Å². The number of nitrogens with zero attached hydrogens (tertiary/aromatic N) is 1. The topological polar surface area (TPSA) is 52.6 Å². The van der Waals surface area contributed by atoms with Crippen molar-refractivity contribution in [1.82, 2.24) is 10.2 Å². The SMILES string of the molecule is O=C(O)CCN1CC[C@H](CN[C@@H]2C[C@H]2c2ccccc2)C1. The maximum Gasteiger partial charge on any atom is 0.304 e. The maximum absolute atomic E-state index is 10.6. The van der Waals surface area contributed by atoms with E-state index in [9.17, 15) is 4.79 Å². The highest BCUT2D eigenvalue weighted by Gasteiger charge is 2.38. The highest BCUT2D eigenvalue weighted by Crippen LogP contribution is 2.40. The summed E-state index contributed by atoms with van der Waals surface area (Å²) in [6, 6.07) is 11.4. The fourth-order valence-corrected chi connectivity index (χ4v) is 3.34. The summed E-state index contributed by atoms with van der Waals surface area (Å²) >= 11 is 0. The van der Waals surface area contributed by atoms with Crippen LogP contribution in [0.2, 0.25) is 0 Å². The largest absolute Gasteiger partial charge is 0.481 e. The lowest BCUT2D eigenvalue weighted by Gasteiger charge is -2.15.